The summed E-state index contributed by atoms with van der Waals surface area (Å²) >= 11 is 4.97. The van der Waals surface area contributed by atoms with E-state index in [-0.39, 0.29) is 5.23 Å². The Bertz CT molecular complexity index is 141. The third kappa shape index (κ3) is 6.25. The van der Waals surface area contributed by atoms with Gasteiger partial charge in [0.2, 0.25) is 0 Å². The summed E-state index contributed by atoms with van der Waals surface area (Å²) in [4.78, 5) is 10.1. The lowest BCUT2D eigenvalue weighted by molar-refractivity contribution is 0.276. The van der Waals surface area contributed by atoms with E-state index in [9.17, 15) is 4.79 Å². The van der Waals surface area contributed by atoms with Gasteiger partial charge in [0.05, 0.1) is 6.61 Å². The first-order valence-electron chi connectivity index (χ1n) is 2.42. The zero-order valence-electron chi connectivity index (χ0n) is 5.22. The summed E-state index contributed by atoms with van der Waals surface area (Å²) in [7, 11) is 1.68. The Morgan fingerprint density at radius 2 is 2.30 bits per heavy atom. The van der Waals surface area contributed by atoms with Crippen molar-refractivity contribution in [2.24, 2.45) is 0 Å². The van der Waals surface area contributed by atoms with E-state index in [0.29, 0.717) is 6.61 Å². The summed E-state index contributed by atoms with van der Waals surface area (Å²) in [6.07, 6.45) is 0. The number of hydrogen-bond acceptors (Lipinski definition) is 5. The Hall–Kier alpha value is 0.130. The monoisotopic (exact) mass is 199 g/mol. The summed E-state index contributed by atoms with van der Waals surface area (Å²) in [6.45, 7) is 2.20. The minimum absolute atomic E-state index is 0.00139. The molecule has 6 heteroatoms. The minimum Gasteiger partial charge on any atom is -0.473 e. The van der Waals surface area contributed by atoms with E-state index >= 15 is 0 Å². The highest BCUT2D eigenvalue weighted by atomic mass is 35.5. The maximum absolute atomic E-state index is 10.1. The van der Waals surface area contributed by atoms with Gasteiger partial charge in [-0.05, 0) is 18.5 Å². The van der Waals surface area contributed by atoms with Crippen molar-refractivity contribution in [1.82, 2.24) is 0 Å². The SMILES string of the molecule is CCOC(=N)SSC(=O)Cl. The topological polar surface area (TPSA) is 50.1 Å². The molecule has 0 atom stereocenters. The fourth-order valence-corrected chi connectivity index (χ4v) is 1.38. The fraction of sp³-hybridized carbons (Fsp3) is 0.500. The lowest BCUT2D eigenvalue weighted by atomic mass is 10.9. The average molecular weight is 200 g/mol. The van der Waals surface area contributed by atoms with Crippen LogP contribution in [0.5, 0.6) is 0 Å². The maximum Gasteiger partial charge on any atom is 0.290 e. The second kappa shape index (κ2) is 5.88. The molecule has 0 unspecified atom stereocenters. The molecule has 0 radical (unpaired) electrons. The van der Waals surface area contributed by atoms with Gasteiger partial charge in [-0.25, -0.2) is 0 Å². The van der Waals surface area contributed by atoms with Crippen LogP contribution in [-0.4, -0.2) is 16.4 Å². The van der Waals surface area contributed by atoms with Gasteiger partial charge in [0, 0.05) is 21.6 Å². The molecule has 0 amide bonds. The largest absolute Gasteiger partial charge is 0.473 e. The van der Waals surface area contributed by atoms with Gasteiger partial charge in [0.25, 0.3) is 9.80 Å². The quantitative estimate of drug-likeness (QED) is 0.305. The predicted molar refractivity (Wildman–Crippen MR) is 45.8 cm³/mol. The lowest BCUT2D eigenvalue weighted by Crippen LogP contribution is -1.95. The van der Waals surface area contributed by atoms with Gasteiger partial charge >= 0.3 is 0 Å². The van der Waals surface area contributed by atoms with Crippen LogP contribution in [0.4, 0.5) is 4.79 Å². The Kier molecular flexibility index (Phi) is 5.96. The fourth-order valence-electron chi connectivity index (χ4n) is 0.226. The molecule has 0 heterocycles. The molecule has 0 aromatic rings. The molecule has 0 rings (SSSR count). The van der Waals surface area contributed by atoms with Crippen LogP contribution in [0, 0.1) is 5.41 Å². The maximum atomic E-state index is 10.1. The van der Waals surface area contributed by atoms with Gasteiger partial charge in [0.1, 0.15) is 0 Å². The van der Waals surface area contributed by atoms with E-state index in [1.165, 1.54) is 0 Å². The van der Waals surface area contributed by atoms with E-state index < -0.39 is 4.57 Å². The molecular formula is C4H6ClNO2S2. The van der Waals surface area contributed by atoms with E-state index in [1.807, 2.05) is 0 Å². The van der Waals surface area contributed by atoms with Crippen molar-refractivity contribution in [3.05, 3.63) is 0 Å². The summed E-state index contributed by atoms with van der Waals surface area (Å²) in [5.74, 6) is 0. The number of nitrogens with one attached hydrogen (secondary N) is 1. The van der Waals surface area contributed by atoms with Crippen LogP contribution >= 0.6 is 33.2 Å². The van der Waals surface area contributed by atoms with Gasteiger partial charge in [-0.15, -0.1) is 0 Å². The third-order valence-corrected chi connectivity index (χ3v) is 2.61. The number of rotatable bonds is 1. The van der Waals surface area contributed by atoms with E-state index in [2.05, 4.69) is 0 Å². The van der Waals surface area contributed by atoms with E-state index in [1.54, 1.807) is 6.92 Å². The van der Waals surface area contributed by atoms with Crippen molar-refractivity contribution in [2.45, 2.75) is 6.92 Å². The highest BCUT2D eigenvalue weighted by Gasteiger charge is 2.02. The molecule has 1 N–H and O–H groups in total. The van der Waals surface area contributed by atoms with Crippen LogP contribution in [0.15, 0.2) is 0 Å². The molecule has 0 spiro atoms. The number of halogens is 1. The smallest absolute Gasteiger partial charge is 0.290 e. The molecule has 0 aliphatic carbocycles. The van der Waals surface area contributed by atoms with Crippen LogP contribution in [0.3, 0.4) is 0 Å². The molecule has 0 saturated heterocycles. The lowest BCUT2D eigenvalue weighted by Gasteiger charge is -1.99. The molecule has 0 aliphatic heterocycles. The van der Waals surface area contributed by atoms with Gasteiger partial charge in [-0.1, -0.05) is 0 Å². The molecule has 0 saturated carbocycles. The second-order valence-corrected chi connectivity index (χ2v) is 3.77. The van der Waals surface area contributed by atoms with Gasteiger partial charge in [-0.2, -0.15) is 0 Å². The zero-order valence-corrected chi connectivity index (χ0v) is 7.61. The van der Waals surface area contributed by atoms with Gasteiger partial charge < -0.3 is 4.74 Å². The number of ether oxygens (including phenoxy) is 1. The average Bonchev–Trinajstić information content (AvgIpc) is 1.85. The Morgan fingerprint density at radius 1 is 1.70 bits per heavy atom. The first-order chi connectivity index (χ1) is 4.66. The van der Waals surface area contributed by atoms with Gasteiger partial charge in [-0.3, -0.25) is 10.2 Å². The standard InChI is InChI=1S/C4H6ClNO2S2/c1-2-8-4(6)10-9-3(5)7/h6H,2H2,1H3. The van der Waals surface area contributed by atoms with Crippen molar-refractivity contribution in [2.75, 3.05) is 6.61 Å². The highest BCUT2D eigenvalue weighted by Crippen LogP contribution is 2.25. The molecule has 0 aliphatic rings. The molecule has 58 valence electrons. The number of hydrogen-bond donors (Lipinski definition) is 1. The van der Waals surface area contributed by atoms with E-state index in [0.717, 1.165) is 21.6 Å². The molecule has 0 fully saturated rings. The third-order valence-electron chi connectivity index (χ3n) is 0.458. The minimum atomic E-state index is -0.547. The van der Waals surface area contributed by atoms with Gasteiger partial charge in [0.15, 0.2) is 0 Å². The molecule has 10 heavy (non-hydrogen) atoms. The summed E-state index contributed by atoms with van der Waals surface area (Å²) in [5.41, 5.74) is 0. The summed E-state index contributed by atoms with van der Waals surface area (Å²) in [6, 6.07) is 0. The number of carbonyl (C=O) groups excluding carboxylic acids is 1. The van der Waals surface area contributed by atoms with E-state index in [4.69, 9.17) is 21.7 Å². The normalized spacial score (nSPS) is 9.00. The molecule has 3 nitrogen and oxygen atoms in total. The Labute approximate surface area is 71.7 Å². The Balaban J connectivity index is 3.30. The Morgan fingerprint density at radius 3 is 2.70 bits per heavy atom. The van der Waals surface area contributed by atoms with Crippen LogP contribution in [0.1, 0.15) is 6.92 Å². The van der Waals surface area contributed by atoms with Crippen LogP contribution < -0.4 is 0 Å². The highest BCUT2D eigenvalue weighted by molar-refractivity contribution is 8.87. The van der Waals surface area contributed by atoms with Crippen molar-refractivity contribution >= 4 is 43.0 Å². The first kappa shape index (κ1) is 10.1. The van der Waals surface area contributed by atoms with Crippen LogP contribution in [-0.2, 0) is 4.74 Å². The first-order valence-corrected chi connectivity index (χ1v) is 4.95. The molecule has 0 aromatic heterocycles. The molecule has 0 bridgehead atoms. The van der Waals surface area contributed by atoms with Crippen molar-refractivity contribution in [3.8, 4) is 0 Å². The second-order valence-electron chi connectivity index (χ2n) is 1.12. The number of carbonyl (C=O) groups is 1. The summed E-state index contributed by atoms with van der Waals surface area (Å²) in [5, 5.41) is 6.99. The van der Waals surface area contributed by atoms with Crippen LogP contribution in [0.25, 0.3) is 0 Å². The van der Waals surface area contributed by atoms with Crippen molar-refractivity contribution in [3.63, 3.8) is 0 Å². The predicted octanol–water partition coefficient (Wildman–Crippen LogP) is 2.70. The summed E-state index contributed by atoms with van der Waals surface area (Å²) < 4.78 is 4.16. The zero-order chi connectivity index (χ0) is 7.98. The van der Waals surface area contributed by atoms with Crippen molar-refractivity contribution in [1.29, 1.82) is 5.41 Å². The van der Waals surface area contributed by atoms with Crippen molar-refractivity contribution < 1.29 is 9.53 Å². The molecule has 0 aromatic carbocycles. The van der Waals surface area contributed by atoms with Crippen LogP contribution in [0.2, 0.25) is 0 Å². The molecular weight excluding hydrogens is 194 g/mol.